The molecule has 72 valence electrons. The van der Waals surface area contributed by atoms with E-state index in [2.05, 4.69) is 4.98 Å². The Morgan fingerprint density at radius 1 is 1.36 bits per heavy atom. The Kier molecular flexibility index (Phi) is 1.67. The fourth-order valence-electron chi connectivity index (χ4n) is 1.31. The molecule has 2 rings (SSSR count). The van der Waals surface area contributed by atoms with Crippen LogP contribution in [0.25, 0.3) is 10.9 Å². The van der Waals surface area contributed by atoms with Gasteiger partial charge in [0.1, 0.15) is 5.75 Å². The normalized spacial score (nSPS) is 10.6. The first kappa shape index (κ1) is 8.55. The van der Waals surface area contributed by atoms with E-state index in [1.807, 2.05) is 0 Å². The van der Waals surface area contributed by atoms with E-state index < -0.39 is 11.2 Å². The van der Waals surface area contributed by atoms with Crippen molar-refractivity contribution in [2.24, 2.45) is 7.05 Å². The molecular weight excluding hydrogens is 184 g/mol. The molecule has 0 saturated heterocycles. The third-order valence-electron chi connectivity index (χ3n) is 2.11. The topological polar surface area (TPSA) is 75.1 Å². The summed E-state index contributed by atoms with van der Waals surface area (Å²) < 4.78 is 0.960. The Labute approximate surface area is 78.2 Å². The summed E-state index contributed by atoms with van der Waals surface area (Å²) in [4.78, 5) is 25.2. The van der Waals surface area contributed by atoms with E-state index in [0.29, 0.717) is 5.39 Å². The molecule has 5 heteroatoms. The standard InChI is InChI=1S/C9H8N2O3/c1-11-8(13)5-3-2-4-6(12)7(5)10-9(11)14/h2-4,12H,1H3,(H,10,14). The maximum atomic E-state index is 11.5. The van der Waals surface area contributed by atoms with Crippen LogP contribution in [0.1, 0.15) is 0 Å². The Morgan fingerprint density at radius 3 is 2.79 bits per heavy atom. The van der Waals surface area contributed by atoms with Gasteiger partial charge in [-0.05, 0) is 12.1 Å². The van der Waals surface area contributed by atoms with Crippen LogP contribution >= 0.6 is 0 Å². The number of aromatic hydroxyl groups is 1. The lowest BCUT2D eigenvalue weighted by molar-refractivity contribution is 0.480. The van der Waals surface area contributed by atoms with Crippen LogP contribution < -0.4 is 11.2 Å². The molecule has 14 heavy (non-hydrogen) atoms. The lowest BCUT2D eigenvalue weighted by Crippen LogP contribution is -2.32. The number of hydrogen-bond donors (Lipinski definition) is 2. The van der Waals surface area contributed by atoms with Gasteiger partial charge in [-0.15, -0.1) is 0 Å². The van der Waals surface area contributed by atoms with Crippen molar-refractivity contribution in [2.45, 2.75) is 0 Å². The number of hydrogen-bond acceptors (Lipinski definition) is 3. The number of rotatable bonds is 0. The number of phenols is 1. The van der Waals surface area contributed by atoms with Gasteiger partial charge in [-0.3, -0.25) is 9.36 Å². The van der Waals surface area contributed by atoms with Gasteiger partial charge in [0.15, 0.2) is 0 Å². The van der Waals surface area contributed by atoms with Gasteiger partial charge in [0, 0.05) is 7.05 Å². The molecule has 5 nitrogen and oxygen atoms in total. The van der Waals surface area contributed by atoms with E-state index in [0.717, 1.165) is 4.57 Å². The van der Waals surface area contributed by atoms with Gasteiger partial charge < -0.3 is 10.1 Å². The molecule has 2 aromatic rings. The van der Waals surface area contributed by atoms with Crippen molar-refractivity contribution in [1.82, 2.24) is 9.55 Å². The largest absolute Gasteiger partial charge is 0.506 e. The molecule has 0 bridgehead atoms. The minimum atomic E-state index is -0.538. The van der Waals surface area contributed by atoms with E-state index in [9.17, 15) is 14.7 Å². The minimum Gasteiger partial charge on any atom is -0.506 e. The summed E-state index contributed by atoms with van der Waals surface area (Å²) in [6, 6.07) is 4.52. The molecule has 0 saturated carbocycles. The summed E-state index contributed by atoms with van der Waals surface area (Å²) in [5, 5.41) is 9.69. The number of benzene rings is 1. The zero-order valence-electron chi connectivity index (χ0n) is 7.44. The molecule has 1 aromatic heterocycles. The number of aromatic nitrogens is 2. The van der Waals surface area contributed by atoms with Crippen molar-refractivity contribution < 1.29 is 5.11 Å². The van der Waals surface area contributed by atoms with Crippen LogP contribution in [0, 0.1) is 0 Å². The predicted octanol–water partition coefficient (Wildman–Crippen LogP) is -0.0676. The Hall–Kier alpha value is -2.04. The van der Waals surface area contributed by atoms with Gasteiger partial charge in [0.2, 0.25) is 0 Å². The number of para-hydroxylation sites is 1. The maximum absolute atomic E-state index is 11.5. The molecule has 0 atom stereocenters. The van der Waals surface area contributed by atoms with Crippen LogP contribution in [-0.4, -0.2) is 14.7 Å². The quantitative estimate of drug-likeness (QED) is 0.613. The SMILES string of the molecule is Cn1c(=O)[nH]c2c(O)cccc2c1=O. The molecular formula is C9H8N2O3. The lowest BCUT2D eigenvalue weighted by atomic mass is 10.2. The Morgan fingerprint density at radius 2 is 2.07 bits per heavy atom. The first-order valence-corrected chi connectivity index (χ1v) is 4.02. The van der Waals surface area contributed by atoms with Crippen LogP contribution in [0.3, 0.4) is 0 Å². The average Bonchev–Trinajstić information content (AvgIpc) is 2.17. The molecule has 0 fully saturated rings. The second kappa shape index (κ2) is 2.73. The van der Waals surface area contributed by atoms with Crippen molar-refractivity contribution in [3.05, 3.63) is 39.0 Å². The Bertz CT molecular complexity index is 609. The van der Waals surface area contributed by atoms with Crippen molar-refractivity contribution in [3.8, 4) is 5.75 Å². The highest BCUT2D eigenvalue weighted by Gasteiger charge is 2.06. The fourth-order valence-corrected chi connectivity index (χ4v) is 1.31. The number of aromatic amines is 1. The van der Waals surface area contributed by atoms with Crippen LogP contribution in [0.15, 0.2) is 27.8 Å². The van der Waals surface area contributed by atoms with E-state index in [1.54, 1.807) is 12.1 Å². The van der Waals surface area contributed by atoms with E-state index in [1.165, 1.54) is 13.1 Å². The summed E-state index contributed by atoms with van der Waals surface area (Å²) in [6.45, 7) is 0. The monoisotopic (exact) mass is 192 g/mol. The number of fused-ring (bicyclic) bond motifs is 1. The zero-order chi connectivity index (χ0) is 10.3. The molecule has 2 N–H and O–H groups in total. The van der Waals surface area contributed by atoms with Crippen molar-refractivity contribution in [1.29, 1.82) is 0 Å². The highest BCUT2D eigenvalue weighted by Crippen LogP contribution is 2.17. The van der Waals surface area contributed by atoms with Gasteiger partial charge >= 0.3 is 5.69 Å². The van der Waals surface area contributed by atoms with Crippen LogP contribution in [0.4, 0.5) is 0 Å². The molecule has 0 spiro atoms. The lowest BCUT2D eigenvalue weighted by Gasteiger charge is -2.01. The molecule has 0 aliphatic carbocycles. The van der Waals surface area contributed by atoms with E-state index in [-0.39, 0.29) is 11.3 Å². The average molecular weight is 192 g/mol. The van der Waals surface area contributed by atoms with Gasteiger partial charge in [-0.25, -0.2) is 4.79 Å². The minimum absolute atomic E-state index is 0.0997. The van der Waals surface area contributed by atoms with Crippen molar-refractivity contribution in [2.75, 3.05) is 0 Å². The zero-order valence-corrected chi connectivity index (χ0v) is 7.44. The van der Waals surface area contributed by atoms with Gasteiger partial charge in [0.25, 0.3) is 5.56 Å². The molecule has 0 unspecified atom stereocenters. The molecule has 0 aliphatic rings. The first-order valence-electron chi connectivity index (χ1n) is 4.02. The summed E-state index contributed by atoms with van der Waals surface area (Å²) >= 11 is 0. The first-order chi connectivity index (χ1) is 6.61. The van der Waals surface area contributed by atoms with Gasteiger partial charge in [-0.2, -0.15) is 0 Å². The molecule has 0 amide bonds. The number of phenolic OH excluding ortho intramolecular Hbond substituents is 1. The summed E-state index contributed by atoms with van der Waals surface area (Å²) in [6.07, 6.45) is 0. The molecule has 1 aromatic carbocycles. The van der Waals surface area contributed by atoms with E-state index in [4.69, 9.17) is 0 Å². The third kappa shape index (κ3) is 1.02. The van der Waals surface area contributed by atoms with E-state index >= 15 is 0 Å². The second-order valence-electron chi connectivity index (χ2n) is 2.99. The van der Waals surface area contributed by atoms with Crippen LogP contribution in [0.2, 0.25) is 0 Å². The van der Waals surface area contributed by atoms with Crippen LogP contribution in [-0.2, 0) is 7.05 Å². The highest BCUT2D eigenvalue weighted by atomic mass is 16.3. The number of H-pyrrole nitrogens is 1. The van der Waals surface area contributed by atoms with Crippen LogP contribution in [0.5, 0.6) is 5.75 Å². The fraction of sp³-hybridized carbons (Fsp3) is 0.111. The van der Waals surface area contributed by atoms with Gasteiger partial charge in [0.05, 0.1) is 10.9 Å². The third-order valence-corrected chi connectivity index (χ3v) is 2.11. The second-order valence-corrected chi connectivity index (χ2v) is 2.99. The van der Waals surface area contributed by atoms with Crippen molar-refractivity contribution in [3.63, 3.8) is 0 Å². The van der Waals surface area contributed by atoms with Crippen molar-refractivity contribution >= 4 is 10.9 Å². The molecule has 0 aliphatic heterocycles. The summed E-state index contributed by atoms with van der Waals surface area (Å²) in [5.74, 6) is -0.0997. The number of nitrogens with one attached hydrogen (secondary N) is 1. The number of nitrogens with zero attached hydrogens (tertiary/aromatic N) is 1. The molecule has 0 radical (unpaired) electrons. The molecule has 1 heterocycles. The van der Waals surface area contributed by atoms with Gasteiger partial charge in [-0.1, -0.05) is 6.07 Å². The maximum Gasteiger partial charge on any atom is 0.328 e. The summed E-state index contributed by atoms with van der Waals surface area (Å²) in [5.41, 5.74) is -0.774. The highest BCUT2D eigenvalue weighted by molar-refractivity contribution is 5.82. The Balaban J connectivity index is 3.14. The predicted molar refractivity (Wildman–Crippen MR) is 51.5 cm³/mol. The smallest absolute Gasteiger partial charge is 0.328 e. The summed E-state index contributed by atoms with van der Waals surface area (Å²) in [7, 11) is 1.38.